The summed E-state index contributed by atoms with van der Waals surface area (Å²) in [5.74, 6) is -0.827. The molecule has 16 heavy (non-hydrogen) atoms. The fraction of sp³-hybridized carbons (Fsp3) is 0. The number of carboxylic acid groups (broad SMARTS) is 1. The van der Waals surface area contributed by atoms with Gasteiger partial charge in [0.15, 0.2) is 5.69 Å². The molecule has 0 radical (unpaired) electrons. The van der Waals surface area contributed by atoms with Gasteiger partial charge < -0.3 is 9.63 Å². The van der Waals surface area contributed by atoms with Crippen LogP contribution in [-0.2, 0) is 0 Å². The minimum atomic E-state index is -1.07. The molecule has 2 aliphatic rings. The fourth-order valence-electron chi connectivity index (χ4n) is 1.65. The highest BCUT2D eigenvalue weighted by molar-refractivity contribution is 5.96. The van der Waals surface area contributed by atoms with Gasteiger partial charge in [-0.1, -0.05) is 23.4 Å². The number of nitrogens with zero attached hydrogens (tertiary/aromatic N) is 2. The molecule has 0 spiro atoms. The van der Waals surface area contributed by atoms with E-state index in [1.807, 2.05) is 18.2 Å². The summed E-state index contributed by atoms with van der Waals surface area (Å²) in [6.45, 7) is 0. The number of benzene rings is 1. The molecule has 78 valence electrons. The topological polar surface area (TPSA) is 76.2 Å². The fourth-order valence-corrected chi connectivity index (χ4v) is 1.65. The van der Waals surface area contributed by atoms with E-state index in [1.54, 1.807) is 6.07 Å². The van der Waals surface area contributed by atoms with Crippen LogP contribution in [0.4, 0.5) is 0 Å². The Balaban J connectivity index is 2.41. The average molecular weight is 214 g/mol. The highest BCUT2D eigenvalue weighted by Crippen LogP contribution is 2.29. The van der Waals surface area contributed by atoms with Crippen molar-refractivity contribution in [3.8, 4) is 11.5 Å². The smallest absolute Gasteiger partial charge is 0.354 e. The van der Waals surface area contributed by atoms with E-state index in [0.29, 0.717) is 11.1 Å². The van der Waals surface area contributed by atoms with Gasteiger partial charge in [0, 0.05) is 5.39 Å². The molecular formula is C11H6N2O3. The Kier molecular flexibility index (Phi) is 1.67. The van der Waals surface area contributed by atoms with Crippen molar-refractivity contribution < 1.29 is 14.4 Å². The van der Waals surface area contributed by atoms with Gasteiger partial charge in [0.1, 0.15) is 5.52 Å². The van der Waals surface area contributed by atoms with E-state index >= 15 is 0 Å². The third-order valence-corrected chi connectivity index (χ3v) is 2.38. The van der Waals surface area contributed by atoms with Crippen LogP contribution in [0.25, 0.3) is 22.4 Å². The standard InChI is InChI=1S/C11H6N2O3/c14-11(15)9-5-7-6-3-1-2-4-8(6)13-16-10(7)12-9/h1-5H,(H,14,15). The lowest BCUT2D eigenvalue weighted by molar-refractivity contribution is 0.0691. The normalized spacial score (nSPS) is 11.0. The number of fused-ring (bicyclic) bond motifs is 3. The van der Waals surface area contributed by atoms with Gasteiger partial charge in [0.25, 0.3) is 5.89 Å². The highest BCUT2D eigenvalue weighted by atomic mass is 16.5. The number of rotatable bonds is 1. The SMILES string of the molecule is O=C(O)c1cc2c3ccccc3noc-2n1. The third-order valence-electron chi connectivity index (χ3n) is 2.38. The molecule has 5 nitrogen and oxygen atoms in total. The summed E-state index contributed by atoms with van der Waals surface area (Å²) in [6.07, 6.45) is 0. The van der Waals surface area contributed by atoms with Crippen molar-refractivity contribution in [1.29, 1.82) is 0 Å². The predicted molar refractivity (Wildman–Crippen MR) is 55.4 cm³/mol. The van der Waals surface area contributed by atoms with Crippen LogP contribution in [0.2, 0.25) is 0 Å². The van der Waals surface area contributed by atoms with Gasteiger partial charge in [-0.05, 0) is 12.1 Å². The van der Waals surface area contributed by atoms with Crippen LogP contribution in [0.15, 0.2) is 34.9 Å². The van der Waals surface area contributed by atoms with Crippen molar-refractivity contribution in [2.75, 3.05) is 0 Å². The number of hydrogen-bond acceptors (Lipinski definition) is 4. The molecule has 5 heteroatoms. The number of hydrogen-bond donors (Lipinski definition) is 1. The maximum Gasteiger partial charge on any atom is 0.354 e. The highest BCUT2D eigenvalue weighted by Gasteiger charge is 2.18. The molecule has 0 atom stereocenters. The molecule has 2 heterocycles. The largest absolute Gasteiger partial charge is 0.477 e. The molecule has 1 aromatic rings. The van der Waals surface area contributed by atoms with Crippen LogP contribution in [0.5, 0.6) is 0 Å². The predicted octanol–water partition coefficient (Wildman–Crippen LogP) is 2.03. The van der Waals surface area contributed by atoms with Gasteiger partial charge in [-0.3, -0.25) is 0 Å². The first-order chi connectivity index (χ1) is 7.75. The first-order valence-electron chi connectivity index (χ1n) is 4.64. The van der Waals surface area contributed by atoms with Crippen molar-refractivity contribution >= 4 is 16.9 Å². The Bertz CT molecular complexity index is 659. The van der Waals surface area contributed by atoms with Gasteiger partial charge in [0.2, 0.25) is 0 Å². The molecule has 2 aliphatic heterocycles. The van der Waals surface area contributed by atoms with E-state index in [2.05, 4.69) is 10.1 Å². The Labute approximate surface area is 89.7 Å². The molecule has 1 aromatic carbocycles. The zero-order valence-electron chi connectivity index (χ0n) is 8.04. The maximum atomic E-state index is 10.8. The molecular weight excluding hydrogens is 208 g/mol. The summed E-state index contributed by atoms with van der Waals surface area (Å²) in [7, 11) is 0. The average Bonchev–Trinajstić information content (AvgIpc) is 2.73. The Hall–Kier alpha value is -2.43. The Morgan fingerprint density at radius 2 is 2.12 bits per heavy atom. The van der Waals surface area contributed by atoms with E-state index in [9.17, 15) is 4.79 Å². The van der Waals surface area contributed by atoms with Gasteiger partial charge in [-0.15, -0.1) is 0 Å². The summed E-state index contributed by atoms with van der Waals surface area (Å²) in [4.78, 5) is 14.6. The first-order valence-corrected chi connectivity index (χ1v) is 4.64. The zero-order valence-corrected chi connectivity index (χ0v) is 8.04. The summed E-state index contributed by atoms with van der Waals surface area (Å²) >= 11 is 0. The van der Waals surface area contributed by atoms with E-state index in [-0.39, 0.29) is 11.6 Å². The van der Waals surface area contributed by atoms with Crippen molar-refractivity contribution in [2.45, 2.75) is 0 Å². The monoisotopic (exact) mass is 214 g/mol. The first kappa shape index (κ1) is 8.84. The summed E-state index contributed by atoms with van der Waals surface area (Å²) < 4.78 is 5.03. The number of carboxylic acids is 1. The summed E-state index contributed by atoms with van der Waals surface area (Å²) in [5.41, 5.74) is 1.32. The van der Waals surface area contributed by atoms with Gasteiger partial charge >= 0.3 is 5.97 Å². The second-order valence-corrected chi connectivity index (χ2v) is 3.37. The van der Waals surface area contributed by atoms with E-state index in [0.717, 1.165) is 5.39 Å². The Morgan fingerprint density at radius 1 is 1.31 bits per heavy atom. The lowest BCUT2D eigenvalue weighted by Crippen LogP contribution is -1.94. The van der Waals surface area contributed by atoms with E-state index in [1.165, 1.54) is 6.07 Å². The number of aromatic nitrogens is 2. The van der Waals surface area contributed by atoms with Crippen molar-refractivity contribution in [2.24, 2.45) is 0 Å². The number of aromatic carboxylic acids is 1. The van der Waals surface area contributed by atoms with E-state index in [4.69, 9.17) is 9.63 Å². The van der Waals surface area contributed by atoms with Crippen LogP contribution in [0, 0.1) is 0 Å². The molecule has 1 N–H and O–H groups in total. The van der Waals surface area contributed by atoms with Crippen molar-refractivity contribution in [3.63, 3.8) is 0 Å². The summed E-state index contributed by atoms with van der Waals surface area (Å²) in [6, 6.07) is 8.84. The minimum Gasteiger partial charge on any atom is -0.477 e. The molecule has 0 saturated heterocycles. The van der Waals surface area contributed by atoms with Crippen LogP contribution >= 0.6 is 0 Å². The quantitative estimate of drug-likeness (QED) is 0.670. The van der Waals surface area contributed by atoms with Gasteiger partial charge in [0.05, 0.1) is 5.56 Å². The van der Waals surface area contributed by atoms with Crippen molar-refractivity contribution in [1.82, 2.24) is 10.1 Å². The lowest BCUT2D eigenvalue weighted by Gasteiger charge is -1.99. The molecule has 0 saturated carbocycles. The second-order valence-electron chi connectivity index (χ2n) is 3.37. The van der Waals surface area contributed by atoms with Crippen LogP contribution in [-0.4, -0.2) is 21.2 Å². The van der Waals surface area contributed by atoms with Gasteiger partial charge in [-0.2, -0.15) is 0 Å². The molecule has 0 unspecified atom stereocenters. The lowest BCUT2D eigenvalue weighted by atomic mass is 10.1. The third kappa shape index (κ3) is 1.15. The second kappa shape index (κ2) is 3.03. The molecule has 0 aliphatic carbocycles. The number of carbonyl (C=O) groups is 1. The summed E-state index contributed by atoms with van der Waals surface area (Å²) in [5, 5.41) is 13.5. The van der Waals surface area contributed by atoms with Gasteiger partial charge in [-0.25, -0.2) is 9.78 Å². The maximum absolute atomic E-state index is 10.8. The molecule has 0 fully saturated rings. The molecule has 0 aromatic heterocycles. The van der Waals surface area contributed by atoms with Crippen LogP contribution in [0.1, 0.15) is 10.5 Å². The van der Waals surface area contributed by atoms with Crippen LogP contribution < -0.4 is 0 Å². The molecule has 3 rings (SSSR count). The molecule has 0 amide bonds. The zero-order chi connectivity index (χ0) is 11.1. The minimum absolute atomic E-state index is 0.0306. The molecule has 0 bridgehead atoms. The van der Waals surface area contributed by atoms with Crippen LogP contribution in [0.3, 0.4) is 0 Å². The Morgan fingerprint density at radius 3 is 2.94 bits per heavy atom. The van der Waals surface area contributed by atoms with E-state index < -0.39 is 5.97 Å². The van der Waals surface area contributed by atoms with Crippen molar-refractivity contribution in [3.05, 3.63) is 36.0 Å².